The third-order valence-electron chi connectivity index (χ3n) is 3.33. The Bertz CT molecular complexity index is 585. The van der Waals surface area contributed by atoms with Gasteiger partial charge in [0.15, 0.2) is 0 Å². The maximum atomic E-state index is 12.1. The predicted molar refractivity (Wildman–Crippen MR) is 89.9 cm³/mol. The number of hydrogen-bond acceptors (Lipinski definition) is 5. The quantitative estimate of drug-likeness (QED) is 0.733. The number of hydrogen-bond donors (Lipinski definition) is 2. The molecule has 1 aromatic heterocycles. The summed E-state index contributed by atoms with van der Waals surface area (Å²) in [6.07, 6.45) is 4.89. The summed E-state index contributed by atoms with van der Waals surface area (Å²) in [6.45, 7) is 2.17. The molecule has 0 saturated carbocycles. The molecule has 0 radical (unpaired) electrons. The molecule has 0 fully saturated rings. The Kier molecular flexibility index (Phi) is 6.48. The number of unbranched alkanes of at least 4 members (excludes halogenated alkanes) is 2. The lowest BCUT2D eigenvalue weighted by atomic mass is 10.1. The molecule has 1 unspecified atom stereocenters. The van der Waals surface area contributed by atoms with Gasteiger partial charge in [0.1, 0.15) is 5.01 Å². The van der Waals surface area contributed by atoms with Crippen molar-refractivity contribution in [1.29, 1.82) is 0 Å². The molecule has 118 valence electrons. The topological polar surface area (TPSA) is 80.9 Å². The zero-order chi connectivity index (χ0) is 15.8. The summed E-state index contributed by atoms with van der Waals surface area (Å²) < 4.78 is 0. The van der Waals surface area contributed by atoms with Crippen molar-refractivity contribution in [2.45, 2.75) is 45.1 Å². The number of carbonyl (C=O) groups is 1. The fraction of sp³-hybridized carbons (Fsp3) is 0.438. The van der Waals surface area contributed by atoms with Crippen LogP contribution in [0.1, 0.15) is 36.8 Å². The van der Waals surface area contributed by atoms with Crippen molar-refractivity contribution >= 4 is 22.4 Å². The van der Waals surface area contributed by atoms with Gasteiger partial charge in [-0.15, -0.1) is 10.2 Å². The fourth-order valence-electron chi connectivity index (χ4n) is 2.09. The van der Waals surface area contributed by atoms with Crippen LogP contribution in [-0.4, -0.2) is 22.1 Å². The van der Waals surface area contributed by atoms with E-state index < -0.39 is 6.04 Å². The number of nitrogens with zero attached hydrogens (tertiary/aromatic N) is 2. The van der Waals surface area contributed by atoms with Gasteiger partial charge in [0.2, 0.25) is 11.0 Å². The highest BCUT2D eigenvalue weighted by Gasteiger charge is 2.16. The smallest absolute Gasteiger partial charge is 0.243 e. The molecule has 1 heterocycles. The van der Waals surface area contributed by atoms with E-state index in [9.17, 15) is 4.79 Å². The van der Waals surface area contributed by atoms with E-state index in [-0.39, 0.29) is 5.91 Å². The lowest BCUT2D eigenvalue weighted by Crippen LogP contribution is -2.37. The molecule has 0 saturated heterocycles. The van der Waals surface area contributed by atoms with Crippen LogP contribution in [0, 0.1) is 0 Å². The average molecular weight is 318 g/mol. The van der Waals surface area contributed by atoms with Gasteiger partial charge in [-0.1, -0.05) is 61.4 Å². The van der Waals surface area contributed by atoms with Gasteiger partial charge in [-0.05, 0) is 18.4 Å². The molecule has 0 aliphatic rings. The van der Waals surface area contributed by atoms with Crippen LogP contribution < -0.4 is 11.1 Å². The minimum atomic E-state index is -0.588. The number of carbonyl (C=O) groups excluding carboxylic acids is 1. The number of benzene rings is 1. The zero-order valence-corrected chi connectivity index (χ0v) is 13.6. The lowest BCUT2D eigenvalue weighted by molar-refractivity contribution is -0.117. The van der Waals surface area contributed by atoms with Gasteiger partial charge < -0.3 is 5.73 Å². The van der Waals surface area contributed by atoms with Crippen LogP contribution in [0.25, 0.3) is 0 Å². The summed E-state index contributed by atoms with van der Waals surface area (Å²) in [6, 6.07) is 9.15. The van der Waals surface area contributed by atoms with Gasteiger partial charge >= 0.3 is 0 Å². The molecule has 1 atom stereocenters. The molecule has 0 aliphatic carbocycles. The first-order chi connectivity index (χ1) is 10.7. The van der Waals surface area contributed by atoms with Crippen molar-refractivity contribution in [3.05, 3.63) is 40.9 Å². The van der Waals surface area contributed by atoms with Gasteiger partial charge in [0.25, 0.3) is 0 Å². The van der Waals surface area contributed by atoms with Crippen LogP contribution in [0.2, 0.25) is 0 Å². The van der Waals surface area contributed by atoms with Gasteiger partial charge in [0.05, 0.1) is 6.04 Å². The Hall–Kier alpha value is -1.79. The zero-order valence-electron chi connectivity index (χ0n) is 12.8. The average Bonchev–Trinajstić information content (AvgIpc) is 2.96. The Morgan fingerprint density at radius 2 is 2.05 bits per heavy atom. The van der Waals surface area contributed by atoms with E-state index in [1.165, 1.54) is 24.2 Å². The summed E-state index contributed by atoms with van der Waals surface area (Å²) in [7, 11) is 0. The van der Waals surface area contributed by atoms with E-state index in [1.807, 2.05) is 30.3 Å². The van der Waals surface area contributed by atoms with Crippen molar-refractivity contribution in [3.63, 3.8) is 0 Å². The summed E-state index contributed by atoms with van der Waals surface area (Å²) >= 11 is 1.43. The molecule has 5 nitrogen and oxygen atoms in total. The highest BCUT2D eigenvalue weighted by molar-refractivity contribution is 7.15. The van der Waals surface area contributed by atoms with Crippen molar-refractivity contribution in [2.24, 2.45) is 5.73 Å². The molecule has 0 aliphatic heterocycles. The molecule has 2 aromatic rings. The van der Waals surface area contributed by atoms with Crippen LogP contribution in [0.4, 0.5) is 5.13 Å². The third-order valence-corrected chi connectivity index (χ3v) is 4.22. The van der Waals surface area contributed by atoms with Crippen molar-refractivity contribution in [3.8, 4) is 0 Å². The van der Waals surface area contributed by atoms with E-state index in [2.05, 4.69) is 22.4 Å². The Morgan fingerprint density at radius 3 is 2.77 bits per heavy atom. The number of anilines is 1. The van der Waals surface area contributed by atoms with Gasteiger partial charge in [-0.25, -0.2) is 0 Å². The normalized spacial score (nSPS) is 12.1. The fourth-order valence-corrected chi connectivity index (χ4v) is 2.87. The molecule has 1 aromatic carbocycles. The predicted octanol–water partition coefficient (Wildman–Crippen LogP) is 2.78. The van der Waals surface area contributed by atoms with Gasteiger partial charge in [0, 0.05) is 6.42 Å². The van der Waals surface area contributed by atoms with E-state index in [0.29, 0.717) is 11.6 Å². The van der Waals surface area contributed by atoms with Crippen molar-refractivity contribution < 1.29 is 4.79 Å². The molecular formula is C16H22N4OS. The second-order valence-electron chi connectivity index (χ2n) is 5.24. The number of nitrogens with two attached hydrogens (primary N) is 1. The van der Waals surface area contributed by atoms with Crippen LogP contribution in [0.15, 0.2) is 30.3 Å². The van der Waals surface area contributed by atoms with Crippen LogP contribution in [-0.2, 0) is 17.6 Å². The monoisotopic (exact) mass is 318 g/mol. The Morgan fingerprint density at radius 1 is 1.27 bits per heavy atom. The highest BCUT2D eigenvalue weighted by atomic mass is 32.1. The largest absolute Gasteiger partial charge is 0.320 e. The summed E-state index contributed by atoms with van der Waals surface area (Å²) in [5.74, 6) is -0.222. The number of rotatable bonds is 8. The standard InChI is InChI=1S/C16H22N4OS/c1-2-3-5-10-14-19-20-16(22-14)18-15(21)13(17)11-12-8-6-4-7-9-12/h4,6-9,13H,2-3,5,10-11,17H2,1H3,(H,18,20,21). The SMILES string of the molecule is CCCCCc1nnc(NC(=O)C(N)Cc2ccccc2)s1. The molecule has 22 heavy (non-hydrogen) atoms. The van der Waals surface area contributed by atoms with Gasteiger partial charge in [-0.2, -0.15) is 0 Å². The van der Waals surface area contributed by atoms with E-state index in [0.717, 1.165) is 23.4 Å². The molecule has 2 rings (SSSR count). The first kappa shape index (κ1) is 16.6. The number of nitrogens with one attached hydrogen (secondary N) is 1. The minimum absolute atomic E-state index is 0.222. The second kappa shape index (κ2) is 8.60. The van der Waals surface area contributed by atoms with E-state index >= 15 is 0 Å². The molecule has 6 heteroatoms. The van der Waals surface area contributed by atoms with Crippen LogP contribution in [0.5, 0.6) is 0 Å². The summed E-state index contributed by atoms with van der Waals surface area (Å²) in [5, 5.41) is 12.3. The van der Waals surface area contributed by atoms with E-state index in [1.54, 1.807) is 0 Å². The van der Waals surface area contributed by atoms with Crippen LogP contribution >= 0.6 is 11.3 Å². The molecule has 1 amide bonds. The van der Waals surface area contributed by atoms with Crippen LogP contribution in [0.3, 0.4) is 0 Å². The second-order valence-corrected chi connectivity index (χ2v) is 6.31. The Balaban J connectivity index is 1.83. The molecule has 0 spiro atoms. The number of aryl methyl sites for hydroxylation is 1. The third kappa shape index (κ3) is 5.20. The summed E-state index contributed by atoms with van der Waals surface area (Å²) in [5.41, 5.74) is 6.99. The number of aromatic nitrogens is 2. The first-order valence-electron chi connectivity index (χ1n) is 7.61. The summed E-state index contributed by atoms with van der Waals surface area (Å²) in [4.78, 5) is 12.1. The molecule has 0 bridgehead atoms. The minimum Gasteiger partial charge on any atom is -0.320 e. The Labute approximate surface area is 135 Å². The van der Waals surface area contributed by atoms with Crippen molar-refractivity contribution in [1.82, 2.24) is 10.2 Å². The highest BCUT2D eigenvalue weighted by Crippen LogP contribution is 2.17. The van der Waals surface area contributed by atoms with E-state index in [4.69, 9.17) is 5.73 Å². The number of amides is 1. The van der Waals surface area contributed by atoms with Crippen molar-refractivity contribution in [2.75, 3.05) is 5.32 Å². The first-order valence-corrected chi connectivity index (χ1v) is 8.43. The lowest BCUT2D eigenvalue weighted by Gasteiger charge is -2.10. The molecular weight excluding hydrogens is 296 g/mol. The maximum Gasteiger partial charge on any atom is 0.243 e. The maximum absolute atomic E-state index is 12.1. The molecule has 3 N–H and O–H groups in total. The van der Waals surface area contributed by atoms with Gasteiger partial charge in [-0.3, -0.25) is 10.1 Å².